The second-order valence-corrected chi connectivity index (χ2v) is 7.42. The molecule has 2 N–H and O–H groups in total. The molecule has 0 radical (unpaired) electrons. The molecule has 0 fully saturated rings. The fourth-order valence-corrected chi connectivity index (χ4v) is 3.58. The summed E-state index contributed by atoms with van der Waals surface area (Å²) in [5.41, 5.74) is 0.585. The van der Waals surface area contributed by atoms with Gasteiger partial charge in [-0.3, -0.25) is 5.10 Å². The number of benzene rings is 1. The zero-order chi connectivity index (χ0) is 20.7. The molecule has 0 saturated heterocycles. The number of carboxylic acid groups (broad SMARTS) is 1. The molecule has 1 aromatic heterocycles. The Morgan fingerprint density at radius 3 is 2.71 bits per heavy atom. The van der Waals surface area contributed by atoms with Crippen LogP contribution in [0.3, 0.4) is 0 Å². The topological polar surface area (TPSA) is 124 Å². The molecule has 0 aliphatic carbocycles. The van der Waals surface area contributed by atoms with Gasteiger partial charge in [0.05, 0.1) is 17.3 Å². The number of halogens is 1. The van der Waals surface area contributed by atoms with Gasteiger partial charge in [0.25, 0.3) is 0 Å². The van der Waals surface area contributed by atoms with E-state index in [4.69, 9.17) is 14.2 Å². The Morgan fingerprint density at radius 2 is 2.14 bits per heavy atom. The summed E-state index contributed by atoms with van der Waals surface area (Å²) >= 11 is 2.95. The van der Waals surface area contributed by atoms with Crippen molar-refractivity contribution in [1.29, 1.82) is 0 Å². The van der Waals surface area contributed by atoms with Crippen molar-refractivity contribution in [2.24, 2.45) is 0 Å². The van der Waals surface area contributed by atoms with Crippen LogP contribution < -0.4 is 9.47 Å². The first-order valence-corrected chi connectivity index (χ1v) is 9.91. The first kappa shape index (κ1) is 22.0. The lowest BCUT2D eigenvalue weighted by Crippen LogP contribution is -2.15. The normalized spacial score (nSPS) is 11.2. The number of aryl methyl sites for hydroxylation is 1. The summed E-state index contributed by atoms with van der Waals surface area (Å²) in [6, 6.07) is 3.34. The number of ether oxygens (including phenoxy) is 3. The van der Waals surface area contributed by atoms with Crippen molar-refractivity contribution in [3.05, 3.63) is 32.0 Å². The van der Waals surface area contributed by atoms with Crippen LogP contribution in [-0.2, 0) is 14.3 Å². The molecular formula is C17H18IN3O6S. The van der Waals surface area contributed by atoms with Gasteiger partial charge in [-0.1, -0.05) is 0 Å². The van der Waals surface area contributed by atoms with Crippen LogP contribution >= 0.6 is 34.4 Å². The molecule has 1 heterocycles. The lowest BCUT2D eigenvalue weighted by atomic mass is 10.2. The molecule has 2 aromatic rings. The first-order chi connectivity index (χ1) is 13.3. The van der Waals surface area contributed by atoms with Crippen LogP contribution in [0.1, 0.15) is 18.3 Å². The fourth-order valence-electron chi connectivity index (χ4n) is 2.05. The van der Waals surface area contributed by atoms with E-state index in [0.29, 0.717) is 31.6 Å². The third kappa shape index (κ3) is 6.12. The molecule has 9 nitrogen and oxygen atoms in total. The third-order valence-corrected chi connectivity index (χ3v) is 4.86. The van der Waals surface area contributed by atoms with Crippen LogP contribution in [0.2, 0.25) is 0 Å². The van der Waals surface area contributed by atoms with Crippen LogP contribution in [0.15, 0.2) is 22.2 Å². The molecule has 0 bridgehead atoms. The Balaban J connectivity index is 2.28. The summed E-state index contributed by atoms with van der Waals surface area (Å²) in [5.74, 6) is -0.264. The monoisotopic (exact) mass is 519 g/mol. The van der Waals surface area contributed by atoms with E-state index in [9.17, 15) is 14.7 Å². The van der Waals surface area contributed by atoms with Gasteiger partial charge in [0, 0.05) is 0 Å². The maximum Gasteiger partial charge on any atom is 0.344 e. The summed E-state index contributed by atoms with van der Waals surface area (Å²) in [6.45, 7) is 3.45. The predicted octanol–water partition coefficient (Wildman–Crippen LogP) is 2.89. The van der Waals surface area contributed by atoms with Gasteiger partial charge < -0.3 is 19.3 Å². The maximum atomic E-state index is 11.6. The van der Waals surface area contributed by atoms with Crippen molar-refractivity contribution in [3.63, 3.8) is 0 Å². The van der Waals surface area contributed by atoms with Crippen molar-refractivity contribution >= 4 is 52.4 Å². The number of hydrogen-bond acceptors (Lipinski definition) is 8. The zero-order valence-corrected chi connectivity index (χ0v) is 18.3. The number of carboxylic acids is 1. The second-order valence-electron chi connectivity index (χ2n) is 5.25. The number of aromatic amines is 1. The van der Waals surface area contributed by atoms with E-state index in [1.807, 2.05) is 22.6 Å². The Kier molecular flexibility index (Phi) is 8.11. The Hall–Kier alpha value is -2.28. The van der Waals surface area contributed by atoms with Gasteiger partial charge in [0.2, 0.25) is 5.16 Å². The Labute approximate surface area is 179 Å². The number of H-pyrrole nitrogens is 1. The molecule has 0 amide bonds. The highest BCUT2D eigenvalue weighted by atomic mass is 127. The van der Waals surface area contributed by atoms with Crippen LogP contribution in [0.4, 0.5) is 0 Å². The van der Waals surface area contributed by atoms with E-state index in [1.54, 1.807) is 26.0 Å². The highest BCUT2D eigenvalue weighted by molar-refractivity contribution is 14.1. The van der Waals surface area contributed by atoms with E-state index < -0.39 is 11.9 Å². The largest absolute Gasteiger partial charge is 0.493 e. The molecule has 0 aliphatic rings. The summed E-state index contributed by atoms with van der Waals surface area (Å²) in [5, 5.41) is 16.4. The average Bonchev–Trinajstić information content (AvgIpc) is 3.04. The zero-order valence-electron chi connectivity index (χ0n) is 15.3. The van der Waals surface area contributed by atoms with Gasteiger partial charge in [-0.2, -0.15) is 0 Å². The van der Waals surface area contributed by atoms with Crippen molar-refractivity contribution < 1.29 is 28.9 Å². The third-order valence-electron chi connectivity index (χ3n) is 3.18. The molecule has 0 saturated carbocycles. The van der Waals surface area contributed by atoms with Crippen LogP contribution in [-0.4, -0.2) is 52.6 Å². The molecule has 11 heteroatoms. The van der Waals surface area contributed by atoms with Crippen molar-refractivity contribution in [2.45, 2.75) is 19.0 Å². The quantitative estimate of drug-likeness (QED) is 0.223. The minimum absolute atomic E-state index is 0.0389. The predicted molar refractivity (Wildman–Crippen MR) is 110 cm³/mol. The highest BCUT2D eigenvalue weighted by Gasteiger charge is 2.16. The fraction of sp³-hybridized carbons (Fsp3) is 0.294. The number of carbonyl (C=O) groups is 2. The van der Waals surface area contributed by atoms with E-state index in [1.165, 1.54) is 13.2 Å². The summed E-state index contributed by atoms with van der Waals surface area (Å²) in [4.78, 5) is 27.2. The number of hydrogen-bond donors (Lipinski definition) is 2. The van der Waals surface area contributed by atoms with Gasteiger partial charge in [-0.05, 0) is 72.0 Å². The molecule has 0 aliphatic heterocycles. The van der Waals surface area contributed by atoms with E-state index in [2.05, 4.69) is 15.2 Å². The highest BCUT2D eigenvalue weighted by Crippen LogP contribution is 2.35. The standard InChI is InChI=1S/C17H18IN3O6S/c1-4-26-14(22)8-27-15-11(18)5-10(6-12(15)25-3)7-13(16(23)24)28-17-19-9(2)20-21-17/h5-7H,4,8H2,1-3H3,(H,23,24)(H,19,20,21)/b13-7-. The lowest BCUT2D eigenvalue weighted by Gasteiger charge is -2.13. The molecule has 0 spiro atoms. The number of carbonyl (C=O) groups excluding carboxylic acids is 1. The first-order valence-electron chi connectivity index (χ1n) is 8.01. The van der Waals surface area contributed by atoms with Crippen molar-refractivity contribution in [3.8, 4) is 11.5 Å². The summed E-state index contributed by atoms with van der Waals surface area (Å²) in [7, 11) is 1.46. The molecule has 1 aromatic carbocycles. The number of thioether (sulfide) groups is 1. The van der Waals surface area contributed by atoms with Gasteiger partial charge in [0.15, 0.2) is 18.1 Å². The smallest absolute Gasteiger partial charge is 0.344 e. The minimum atomic E-state index is -1.11. The van der Waals surface area contributed by atoms with Crippen LogP contribution in [0, 0.1) is 10.5 Å². The van der Waals surface area contributed by atoms with Gasteiger partial charge in [0.1, 0.15) is 10.7 Å². The molecule has 0 unspecified atom stereocenters. The number of esters is 1. The summed E-state index contributed by atoms with van der Waals surface area (Å²) in [6.07, 6.45) is 1.48. The van der Waals surface area contributed by atoms with Gasteiger partial charge in [-0.15, -0.1) is 5.10 Å². The molecule has 2 rings (SSSR count). The van der Waals surface area contributed by atoms with Crippen molar-refractivity contribution in [1.82, 2.24) is 15.2 Å². The molecule has 0 atom stereocenters. The molecule has 150 valence electrons. The number of nitrogens with zero attached hydrogens (tertiary/aromatic N) is 2. The number of methoxy groups -OCH3 is 1. The SMILES string of the molecule is CCOC(=O)COc1c(I)cc(/C=C(\Sc2n[nH]c(C)n2)C(=O)O)cc1OC. The molecular weight excluding hydrogens is 501 g/mol. The van der Waals surface area contributed by atoms with Gasteiger partial charge >= 0.3 is 11.9 Å². The Morgan fingerprint density at radius 1 is 1.39 bits per heavy atom. The van der Waals surface area contributed by atoms with E-state index in [0.717, 1.165) is 11.8 Å². The second kappa shape index (κ2) is 10.3. The van der Waals surface area contributed by atoms with Crippen LogP contribution in [0.25, 0.3) is 6.08 Å². The van der Waals surface area contributed by atoms with Gasteiger partial charge in [-0.25, -0.2) is 14.6 Å². The van der Waals surface area contributed by atoms with Crippen LogP contribution in [0.5, 0.6) is 11.5 Å². The minimum Gasteiger partial charge on any atom is -0.493 e. The molecule has 28 heavy (non-hydrogen) atoms. The number of nitrogens with one attached hydrogen (secondary N) is 1. The van der Waals surface area contributed by atoms with E-state index >= 15 is 0 Å². The maximum absolute atomic E-state index is 11.6. The number of rotatable bonds is 9. The average molecular weight is 519 g/mol. The number of aliphatic carboxylic acids is 1. The lowest BCUT2D eigenvalue weighted by molar-refractivity contribution is -0.145. The summed E-state index contributed by atoms with van der Waals surface area (Å²) < 4.78 is 16.3. The van der Waals surface area contributed by atoms with E-state index in [-0.39, 0.29) is 18.1 Å². The Bertz CT molecular complexity index is 899. The number of aromatic nitrogens is 3. The van der Waals surface area contributed by atoms with Crippen molar-refractivity contribution in [2.75, 3.05) is 20.3 Å².